The molecule has 0 aliphatic heterocycles. The third kappa shape index (κ3) is 6.23. The zero-order chi connectivity index (χ0) is 15.0. The number of nitrogens with two attached hydrogens (primary N) is 1. The van der Waals surface area contributed by atoms with Gasteiger partial charge in [0.05, 0.1) is 0 Å². The number of carbonyl (C=O) groups is 1. The van der Waals surface area contributed by atoms with E-state index in [0.29, 0.717) is 24.8 Å². The van der Waals surface area contributed by atoms with Crippen LogP contribution in [0, 0.1) is 17.3 Å². The van der Waals surface area contributed by atoms with E-state index in [1.165, 1.54) is 12.8 Å². The molecule has 1 saturated carbocycles. The quantitative estimate of drug-likeness (QED) is 0.638. The van der Waals surface area contributed by atoms with Crippen molar-refractivity contribution in [2.24, 2.45) is 23.0 Å². The summed E-state index contributed by atoms with van der Waals surface area (Å²) in [6, 6.07) is 0. The topological polar surface area (TPSA) is 75.4 Å². The molecule has 0 heterocycles. The van der Waals surface area contributed by atoms with Crippen LogP contribution in [0.3, 0.4) is 0 Å². The molecule has 0 aromatic carbocycles. The number of aliphatic hydroxyl groups excluding tert-OH is 1. The van der Waals surface area contributed by atoms with Gasteiger partial charge in [0.1, 0.15) is 0 Å². The van der Waals surface area contributed by atoms with Crippen molar-refractivity contribution in [3.63, 3.8) is 0 Å². The zero-order valence-electron chi connectivity index (χ0n) is 13.2. The monoisotopic (exact) mass is 284 g/mol. The summed E-state index contributed by atoms with van der Waals surface area (Å²) in [6.07, 6.45) is 7.07. The zero-order valence-corrected chi connectivity index (χ0v) is 13.2. The number of carbonyl (C=O) groups excluding carboxylic acids is 1. The van der Waals surface area contributed by atoms with Gasteiger partial charge in [-0.2, -0.15) is 0 Å². The van der Waals surface area contributed by atoms with Crippen molar-refractivity contribution in [2.45, 2.75) is 58.8 Å². The van der Waals surface area contributed by atoms with Crippen LogP contribution in [0.25, 0.3) is 0 Å². The molecule has 1 fully saturated rings. The van der Waals surface area contributed by atoms with Crippen molar-refractivity contribution in [1.29, 1.82) is 0 Å². The number of nitrogens with one attached hydrogen (secondary N) is 1. The molecule has 0 saturated heterocycles. The summed E-state index contributed by atoms with van der Waals surface area (Å²) >= 11 is 0. The van der Waals surface area contributed by atoms with Crippen molar-refractivity contribution >= 4 is 5.91 Å². The van der Waals surface area contributed by atoms with Crippen LogP contribution in [-0.2, 0) is 4.79 Å². The maximum Gasteiger partial charge on any atom is 0.220 e. The minimum atomic E-state index is 0.136. The van der Waals surface area contributed by atoms with Gasteiger partial charge in [0.15, 0.2) is 0 Å². The van der Waals surface area contributed by atoms with Crippen LogP contribution in [-0.4, -0.2) is 30.7 Å². The number of hydrogen-bond donors (Lipinski definition) is 3. The summed E-state index contributed by atoms with van der Waals surface area (Å²) in [5.41, 5.74) is 5.73. The van der Waals surface area contributed by atoms with Crippen molar-refractivity contribution < 1.29 is 9.90 Å². The Morgan fingerprint density at radius 2 is 1.90 bits per heavy atom. The lowest BCUT2D eigenvalue weighted by molar-refractivity contribution is -0.122. The Morgan fingerprint density at radius 3 is 2.50 bits per heavy atom. The first-order valence-electron chi connectivity index (χ1n) is 8.06. The second-order valence-corrected chi connectivity index (χ2v) is 6.99. The molecule has 0 bridgehead atoms. The van der Waals surface area contributed by atoms with E-state index < -0.39 is 0 Å². The maximum atomic E-state index is 11.9. The van der Waals surface area contributed by atoms with Crippen molar-refractivity contribution in [2.75, 3.05) is 19.7 Å². The fourth-order valence-corrected chi connectivity index (χ4v) is 3.09. The van der Waals surface area contributed by atoms with Crippen molar-refractivity contribution in [3.05, 3.63) is 0 Å². The Morgan fingerprint density at radius 1 is 1.25 bits per heavy atom. The van der Waals surface area contributed by atoms with Gasteiger partial charge in [-0.25, -0.2) is 0 Å². The Labute approximate surface area is 123 Å². The van der Waals surface area contributed by atoms with Gasteiger partial charge in [-0.3, -0.25) is 4.79 Å². The largest absolute Gasteiger partial charge is 0.396 e. The standard InChI is InChI=1S/C16H32N2O2/c1-16(2,9-10-17)8-7-15(20)18-11-13-5-3-4-6-14(13)12-19/h13-14,19H,3-12,17H2,1-2H3,(H,18,20). The van der Waals surface area contributed by atoms with Crippen molar-refractivity contribution in [1.82, 2.24) is 5.32 Å². The molecule has 1 rings (SSSR count). The third-order valence-corrected chi connectivity index (χ3v) is 4.71. The van der Waals surface area contributed by atoms with Crippen LogP contribution in [0.15, 0.2) is 0 Å². The molecular formula is C16H32N2O2. The van der Waals surface area contributed by atoms with Crippen LogP contribution in [0.2, 0.25) is 0 Å². The molecule has 0 aromatic heterocycles. The smallest absolute Gasteiger partial charge is 0.220 e. The van der Waals surface area contributed by atoms with Crippen LogP contribution < -0.4 is 11.1 Å². The number of amides is 1. The maximum absolute atomic E-state index is 11.9. The molecule has 4 N–H and O–H groups in total. The Bertz CT molecular complexity index is 292. The van der Waals surface area contributed by atoms with Crippen LogP contribution in [0.1, 0.15) is 58.8 Å². The molecule has 4 heteroatoms. The first-order chi connectivity index (χ1) is 9.48. The molecule has 1 aliphatic carbocycles. The van der Waals surface area contributed by atoms with Gasteiger partial charge in [0.25, 0.3) is 0 Å². The van der Waals surface area contributed by atoms with Gasteiger partial charge >= 0.3 is 0 Å². The first kappa shape index (κ1) is 17.4. The van der Waals surface area contributed by atoms with Gasteiger partial charge in [0, 0.05) is 19.6 Å². The van der Waals surface area contributed by atoms with Gasteiger partial charge in [-0.15, -0.1) is 0 Å². The minimum Gasteiger partial charge on any atom is -0.396 e. The van der Waals surface area contributed by atoms with E-state index in [4.69, 9.17) is 5.73 Å². The minimum absolute atomic E-state index is 0.136. The normalized spacial score (nSPS) is 23.6. The Hall–Kier alpha value is -0.610. The molecule has 20 heavy (non-hydrogen) atoms. The lowest BCUT2D eigenvalue weighted by Crippen LogP contribution is -2.35. The van der Waals surface area contributed by atoms with Crippen LogP contribution in [0.4, 0.5) is 0 Å². The van der Waals surface area contributed by atoms with E-state index in [1.54, 1.807) is 0 Å². The van der Waals surface area contributed by atoms with E-state index >= 15 is 0 Å². The Balaban J connectivity index is 2.25. The SMILES string of the molecule is CC(C)(CCN)CCC(=O)NCC1CCCCC1CO. The van der Waals surface area contributed by atoms with Gasteiger partial charge in [-0.05, 0) is 49.5 Å². The molecule has 1 aliphatic rings. The number of rotatable bonds is 8. The van der Waals surface area contributed by atoms with E-state index in [2.05, 4.69) is 19.2 Å². The average molecular weight is 284 g/mol. The van der Waals surface area contributed by atoms with Crippen LogP contribution in [0.5, 0.6) is 0 Å². The van der Waals surface area contributed by atoms with Gasteiger partial charge < -0.3 is 16.2 Å². The molecule has 0 aromatic rings. The van der Waals surface area contributed by atoms with Gasteiger partial charge in [0.2, 0.25) is 5.91 Å². The highest BCUT2D eigenvalue weighted by atomic mass is 16.3. The van der Waals surface area contributed by atoms with Gasteiger partial charge in [-0.1, -0.05) is 26.7 Å². The molecule has 118 valence electrons. The predicted molar refractivity (Wildman–Crippen MR) is 82.2 cm³/mol. The molecule has 0 spiro atoms. The molecule has 4 nitrogen and oxygen atoms in total. The highest BCUT2D eigenvalue weighted by Crippen LogP contribution is 2.29. The summed E-state index contributed by atoms with van der Waals surface area (Å²) < 4.78 is 0. The summed E-state index contributed by atoms with van der Waals surface area (Å²) in [4.78, 5) is 11.9. The lowest BCUT2D eigenvalue weighted by Gasteiger charge is -2.30. The highest BCUT2D eigenvalue weighted by molar-refractivity contribution is 5.75. The molecule has 2 atom stereocenters. The predicted octanol–water partition coefficient (Wildman–Crippen LogP) is 2.06. The van der Waals surface area contributed by atoms with E-state index in [0.717, 1.165) is 32.2 Å². The number of aliphatic hydroxyl groups is 1. The van der Waals surface area contributed by atoms with E-state index in [9.17, 15) is 9.90 Å². The van der Waals surface area contributed by atoms with E-state index in [1.807, 2.05) is 0 Å². The molecule has 1 amide bonds. The number of hydrogen-bond acceptors (Lipinski definition) is 3. The Kier molecular flexibility index (Phi) is 7.52. The molecular weight excluding hydrogens is 252 g/mol. The van der Waals surface area contributed by atoms with E-state index in [-0.39, 0.29) is 17.9 Å². The first-order valence-corrected chi connectivity index (χ1v) is 8.06. The third-order valence-electron chi connectivity index (χ3n) is 4.71. The molecule has 2 unspecified atom stereocenters. The summed E-state index contributed by atoms with van der Waals surface area (Å²) in [5.74, 6) is 0.963. The lowest BCUT2D eigenvalue weighted by atomic mass is 9.79. The fraction of sp³-hybridized carbons (Fsp3) is 0.938. The summed E-state index contributed by atoms with van der Waals surface area (Å²) in [6.45, 7) is 5.98. The van der Waals surface area contributed by atoms with Crippen LogP contribution >= 0.6 is 0 Å². The second kappa shape index (κ2) is 8.63. The molecule has 0 radical (unpaired) electrons. The second-order valence-electron chi connectivity index (χ2n) is 6.99. The fourth-order valence-electron chi connectivity index (χ4n) is 3.09. The average Bonchev–Trinajstić information content (AvgIpc) is 2.43. The van der Waals surface area contributed by atoms with Crippen molar-refractivity contribution in [3.8, 4) is 0 Å². The highest BCUT2D eigenvalue weighted by Gasteiger charge is 2.25. The summed E-state index contributed by atoms with van der Waals surface area (Å²) in [5, 5.41) is 12.4. The summed E-state index contributed by atoms with van der Waals surface area (Å²) in [7, 11) is 0.